The molecule has 0 spiro atoms. The Morgan fingerprint density at radius 1 is 1.09 bits per heavy atom. The number of carbonyl (C=O) groups is 1. The lowest BCUT2D eigenvalue weighted by Gasteiger charge is -2.12. The van der Waals surface area contributed by atoms with E-state index in [1.165, 1.54) is 7.11 Å². The van der Waals surface area contributed by atoms with Gasteiger partial charge in [-0.25, -0.2) is 4.79 Å². The highest BCUT2D eigenvalue weighted by Crippen LogP contribution is 2.26. The third-order valence-corrected chi connectivity index (χ3v) is 3.62. The number of anilines is 1. The van der Waals surface area contributed by atoms with E-state index >= 15 is 0 Å². The van der Waals surface area contributed by atoms with Crippen LogP contribution in [0.1, 0.15) is 23.2 Å². The first kappa shape index (κ1) is 17.2. The van der Waals surface area contributed by atoms with Crippen LogP contribution < -0.4 is 10.1 Å². The molecule has 0 bridgehead atoms. The molecule has 0 aliphatic carbocycles. The van der Waals surface area contributed by atoms with Crippen LogP contribution in [0, 0.1) is 0 Å². The minimum Gasteiger partial charge on any atom is -0.494 e. The summed E-state index contributed by atoms with van der Waals surface area (Å²) >= 11 is 6.16. The fourth-order valence-electron chi connectivity index (χ4n) is 2.13. The third kappa shape index (κ3) is 5.18. The lowest BCUT2D eigenvalue weighted by molar-refractivity contribution is 0.0602. The third-order valence-electron chi connectivity index (χ3n) is 3.30. The fraction of sp³-hybridized carbons (Fsp3) is 0.278. The van der Waals surface area contributed by atoms with Gasteiger partial charge < -0.3 is 14.8 Å². The van der Waals surface area contributed by atoms with Crippen molar-refractivity contribution in [3.8, 4) is 5.75 Å². The molecule has 0 heterocycles. The average Bonchev–Trinajstić information content (AvgIpc) is 2.59. The van der Waals surface area contributed by atoms with E-state index in [-0.39, 0.29) is 0 Å². The Hall–Kier alpha value is -2.20. The van der Waals surface area contributed by atoms with Crippen molar-refractivity contribution in [3.63, 3.8) is 0 Å². The lowest BCUT2D eigenvalue weighted by Crippen LogP contribution is -2.10. The van der Waals surface area contributed by atoms with E-state index in [2.05, 4.69) is 5.32 Å². The summed E-state index contributed by atoms with van der Waals surface area (Å²) in [5, 5.41) is 3.71. The summed E-state index contributed by atoms with van der Waals surface area (Å²) in [4.78, 5) is 11.7. The van der Waals surface area contributed by atoms with Crippen molar-refractivity contribution >= 4 is 23.3 Å². The van der Waals surface area contributed by atoms with Crippen LogP contribution in [-0.2, 0) is 4.74 Å². The van der Waals surface area contributed by atoms with Crippen LogP contribution in [0.25, 0.3) is 0 Å². The van der Waals surface area contributed by atoms with E-state index in [1.807, 2.05) is 30.3 Å². The van der Waals surface area contributed by atoms with Crippen LogP contribution in [0.5, 0.6) is 5.75 Å². The molecule has 1 N–H and O–H groups in total. The van der Waals surface area contributed by atoms with Gasteiger partial charge in [0.05, 0.1) is 30.0 Å². The SMILES string of the molecule is COC(=O)c1cccc(Cl)c1NCCCCOc1ccccc1. The largest absolute Gasteiger partial charge is 0.494 e. The summed E-state index contributed by atoms with van der Waals surface area (Å²) in [6.45, 7) is 1.35. The first-order valence-electron chi connectivity index (χ1n) is 7.51. The minimum atomic E-state index is -0.401. The second kappa shape index (κ2) is 9.06. The normalized spacial score (nSPS) is 10.2. The highest BCUT2D eigenvalue weighted by Gasteiger charge is 2.13. The predicted octanol–water partition coefficient (Wildman–Crippen LogP) is 4.40. The monoisotopic (exact) mass is 333 g/mol. The molecule has 0 atom stereocenters. The molecule has 0 amide bonds. The Balaban J connectivity index is 1.77. The molecular weight excluding hydrogens is 314 g/mol. The van der Waals surface area contributed by atoms with Gasteiger partial charge in [-0.05, 0) is 37.1 Å². The molecule has 5 heteroatoms. The first-order chi connectivity index (χ1) is 11.2. The summed E-state index contributed by atoms with van der Waals surface area (Å²) in [5.74, 6) is 0.474. The first-order valence-corrected chi connectivity index (χ1v) is 7.88. The molecule has 0 radical (unpaired) electrons. The fourth-order valence-corrected chi connectivity index (χ4v) is 2.37. The molecule has 0 fully saturated rings. The maximum atomic E-state index is 11.7. The molecule has 0 aromatic heterocycles. The Morgan fingerprint density at radius 3 is 2.61 bits per heavy atom. The van der Waals surface area contributed by atoms with Crippen molar-refractivity contribution in [1.29, 1.82) is 0 Å². The number of para-hydroxylation sites is 2. The molecule has 0 saturated carbocycles. The van der Waals surface area contributed by atoms with Gasteiger partial charge in [0.1, 0.15) is 5.75 Å². The quantitative estimate of drug-likeness (QED) is 0.574. The molecule has 4 nitrogen and oxygen atoms in total. The molecule has 2 rings (SSSR count). The average molecular weight is 334 g/mol. The summed E-state index contributed by atoms with van der Waals surface area (Å²) in [6, 6.07) is 14.9. The molecule has 0 aliphatic heterocycles. The van der Waals surface area contributed by atoms with Gasteiger partial charge in [0.25, 0.3) is 0 Å². The number of unbranched alkanes of at least 4 members (excludes halogenated alkanes) is 1. The molecule has 2 aromatic rings. The Labute approximate surface area is 141 Å². The number of carbonyl (C=O) groups excluding carboxylic acids is 1. The number of benzene rings is 2. The predicted molar refractivity (Wildman–Crippen MR) is 92.5 cm³/mol. The van der Waals surface area contributed by atoms with Gasteiger partial charge in [-0.1, -0.05) is 35.9 Å². The van der Waals surface area contributed by atoms with Gasteiger partial charge in [0, 0.05) is 6.54 Å². The second-order valence-electron chi connectivity index (χ2n) is 4.95. The van der Waals surface area contributed by atoms with Crippen molar-refractivity contribution in [2.75, 3.05) is 25.6 Å². The number of hydrogen-bond acceptors (Lipinski definition) is 4. The Kier molecular flexibility index (Phi) is 6.76. The molecule has 0 unspecified atom stereocenters. The number of esters is 1. The van der Waals surface area contributed by atoms with Gasteiger partial charge >= 0.3 is 5.97 Å². The number of methoxy groups -OCH3 is 1. The van der Waals surface area contributed by atoms with Gasteiger partial charge in [0.2, 0.25) is 0 Å². The van der Waals surface area contributed by atoms with E-state index in [9.17, 15) is 4.79 Å². The zero-order valence-corrected chi connectivity index (χ0v) is 13.8. The number of nitrogens with one attached hydrogen (secondary N) is 1. The Morgan fingerprint density at radius 2 is 1.87 bits per heavy atom. The summed E-state index contributed by atoms with van der Waals surface area (Å²) in [7, 11) is 1.36. The highest BCUT2D eigenvalue weighted by atomic mass is 35.5. The standard InChI is InChI=1S/C18H20ClNO3/c1-22-18(21)15-10-7-11-16(19)17(15)20-12-5-6-13-23-14-8-3-2-4-9-14/h2-4,7-11,20H,5-6,12-13H2,1H3. The zero-order chi connectivity index (χ0) is 16.5. The van der Waals surface area contributed by atoms with E-state index < -0.39 is 5.97 Å². The topological polar surface area (TPSA) is 47.6 Å². The van der Waals surface area contributed by atoms with Crippen LogP contribution in [-0.4, -0.2) is 26.2 Å². The van der Waals surface area contributed by atoms with E-state index in [0.717, 1.165) is 18.6 Å². The van der Waals surface area contributed by atoms with Gasteiger partial charge in [-0.15, -0.1) is 0 Å². The van der Waals surface area contributed by atoms with Crippen LogP contribution in [0.3, 0.4) is 0 Å². The van der Waals surface area contributed by atoms with E-state index in [0.29, 0.717) is 29.4 Å². The smallest absolute Gasteiger partial charge is 0.340 e. The number of rotatable bonds is 8. The van der Waals surface area contributed by atoms with Crippen LogP contribution in [0.4, 0.5) is 5.69 Å². The van der Waals surface area contributed by atoms with Gasteiger partial charge in [-0.2, -0.15) is 0 Å². The lowest BCUT2D eigenvalue weighted by atomic mass is 10.1. The maximum Gasteiger partial charge on any atom is 0.340 e. The number of hydrogen-bond donors (Lipinski definition) is 1. The zero-order valence-electron chi connectivity index (χ0n) is 13.0. The minimum absolute atomic E-state index is 0.401. The van der Waals surface area contributed by atoms with E-state index in [1.54, 1.807) is 18.2 Å². The van der Waals surface area contributed by atoms with E-state index in [4.69, 9.17) is 21.1 Å². The molecule has 23 heavy (non-hydrogen) atoms. The Bertz CT molecular complexity index is 631. The van der Waals surface area contributed by atoms with Crippen LogP contribution >= 0.6 is 11.6 Å². The van der Waals surface area contributed by atoms with Crippen molar-refractivity contribution in [2.24, 2.45) is 0 Å². The molecule has 122 valence electrons. The van der Waals surface area contributed by atoms with Crippen molar-refractivity contribution in [3.05, 3.63) is 59.1 Å². The van der Waals surface area contributed by atoms with Gasteiger partial charge in [0.15, 0.2) is 0 Å². The summed E-state index contributed by atoms with van der Waals surface area (Å²) < 4.78 is 10.4. The molecule has 0 saturated heterocycles. The highest BCUT2D eigenvalue weighted by molar-refractivity contribution is 6.34. The molecule has 0 aliphatic rings. The van der Waals surface area contributed by atoms with Crippen molar-refractivity contribution in [1.82, 2.24) is 0 Å². The van der Waals surface area contributed by atoms with Crippen molar-refractivity contribution < 1.29 is 14.3 Å². The maximum absolute atomic E-state index is 11.7. The second-order valence-corrected chi connectivity index (χ2v) is 5.36. The van der Waals surface area contributed by atoms with Crippen LogP contribution in [0.15, 0.2) is 48.5 Å². The van der Waals surface area contributed by atoms with Crippen LogP contribution in [0.2, 0.25) is 5.02 Å². The number of halogens is 1. The molecular formula is C18H20ClNO3. The van der Waals surface area contributed by atoms with Crippen molar-refractivity contribution in [2.45, 2.75) is 12.8 Å². The number of ether oxygens (including phenoxy) is 2. The summed E-state index contributed by atoms with van der Waals surface area (Å²) in [6.07, 6.45) is 1.80. The van der Waals surface area contributed by atoms with Gasteiger partial charge in [-0.3, -0.25) is 0 Å². The molecule has 2 aromatic carbocycles. The summed E-state index contributed by atoms with van der Waals surface area (Å²) in [5.41, 5.74) is 1.06.